The van der Waals surface area contributed by atoms with Crippen molar-refractivity contribution in [3.05, 3.63) is 53.9 Å². The summed E-state index contributed by atoms with van der Waals surface area (Å²) in [5.74, 6) is 1.53. The molecule has 9 nitrogen and oxygen atoms in total. The molecule has 184 valence electrons. The second kappa shape index (κ2) is 10.2. The number of aliphatic hydroxyl groups is 2. The van der Waals surface area contributed by atoms with Crippen LogP contribution in [0.2, 0.25) is 0 Å². The van der Waals surface area contributed by atoms with Crippen molar-refractivity contribution in [2.45, 2.75) is 50.5 Å². The Morgan fingerprint density at radius 2 is 2.00 bits per heavy atom. The average Bonchev–Trinajstić information content (AvgIpc) is 2.90. The van der Waals surface area contributed by atoms with Crippen LogP contribution in [0.5, 0.6) is 11.5 Å². The number of ether oxygens (including phenoxy) is 2. The number of nitrogens with one attached hydrogen (secondary N) is 2. The number of aromatic nitrogens is 2. The molecular weight excluding hydrogens is 448 g/mol. The lowest BCUT2D eigenvalue weighted by atomic mass is 9.79. The molecule has 1 aliphatic heterocycles. The van der Waals surface area contributed by atoms with Crippen molar-refractivity contribution >= 4 is 22.6 Å². The summed E-state index contributed by atoms with van der Waals surface area (Å²) >= 11 is 0. The summed E-state index contributed by atoms with van der Waals surface area (Å²) < 4.78 is 10.7. The first-order valence-corrected chi connectivity index (χ1v) is 12.0. The van der Waals surface area contributed by atoms with Crippen molar-refractivity contribution in [2.24, 2.45) is 5.92 Å². The van der Waals surface area contributed by atoms with Gasteiger partial charge in [0.05, 0.1) is 24.4 Å². The number of hydrogen-bond acceptors (Lipinski definition) is 8. The number of benzene rings is 1. The average molecular weight is 479 g/mol. The number of carbonyl (C=O) groups excluding carboxylic acids is 1. The van der Waals surface area contributed by atoms with Crippen LogP contribution in [0.4, 0.5) is 5.82 Å². The van der Waals surface area contributed by atoms with E-state index in [0.29, 0.717) is 35.5 Å². The van der Waals surface area contributed by atoms with Gasteiger partial charge in [0.25, 0.3) is 5.91 Å². The van der Waals surface area contributed by atoms with Crippen LogP contribution in [-0.2, 0) is 11.3 Å². The SMILES string of the molecule is COc1ccc2nccc([C@@H](O)[C@H](O)[C@H]3CC[C@H](NCc4ccc5c(n4)NC(=O)CO5)CC3)c2c1. The number of rotatable bonds is 7. The van der Waals surface area contributed by atoms with E-state index in [0.717, 1.165) is 42.3 Å². The molecule has 5 rings (SSSR count). The van der Waals surface area contributed by atoms with E-state index in [-0.39, 0.29) is 18.4 Å². The number of anilines is 1. The van der Waals surface area contributed by atoms with Gasteiger partial charge in [0.2, 0.25) is 0 Å². The minimum absolute atomic E-state index is 0.00565. The van der Waals surface area contributed by atoms with Gasteiger partial charge in [-0.05, 0) is 73.6 Å². The first kappa shape index (κ1) is 23.5. The standard InChI is InChI=1S/C26H30N4O5/c1-34-18-7-8-21-20(12-18)19(10-11-27-21)25(33)24(32)15-2-4-16(5-3-15)28-13-17-6-9-22-26(29-17)30-23(31)14-35-22/h6-12,15-16,24-25,28,32-33H,2-5,13-14H2,1H3,(H,29,30,31)/t15-,16-,24-,25-/m1/s1. The van der Waals surface area contributed by atoms with Crippen molar-refractivity contribution in [1.82, 2.24) is 15.3 Å². The summed E-state index contributed by atoms with van der Waals surface area (Å²) in [7, 11) is 1.60. The molecule has 1 fully saturated rings. The van der Waals surface area contributed by atoms with E-state index in [1.807, 2.05) is 30.3 Å². The highest BCUT2D eigenvalue weighted by atomic mass is 16.5. The van der Waals surface area contributed by atoms with Gasteiger partial charge in [-0.25, -0.2) is 4.98 Å². The highest BCUT2D eigenvalue weighted by Gasteiger charge is 2.32. The van der Waals surface area contributed by atoms with Crippen molar-refractivity contribution in [3.8, 4) is 11.5 Å². The second-order valence-corrected chi connectivity index (χ2v) is 9.20. The van der Waals surface area contributed by atoms with Crippen LogP contribution >= 0.6 is 0 Å². The first-order chi connectivity index (χ1) is 17.0. The van der Waals surface area contributed by atoms with Crippen LogP contribution < -0.4 is 20.1 Å². The Hall–Kier alpha value is -3.27. The highest BCUT2D eigenvalue weighted by Crippen LogP contribution is 2.35. The minimum Gasteiger partial charge on any atom is -0.497 e. The Bertz CT molecular complexity index is 1210. The molecule has 3 heterocycles. The minimum atomic E-state index is -1.00. The zero-order valence-corrected chi connectivity index (χ0v) is 19.6. The maximum Gasteiger partial charge on any atom is 0.263 e. The van der Waals surface area contributed by atoms with Gasteiger partial charge in [0.15, 0.2) is 18.2 Å². The lowest BCUT2D eigenvalue weighted by molar-refractivity contribution is -0.118. The molecule has 0 bridgehead atoms. The largest absolute Gasteiger partial charge is 0.497 e. The van der Waals surface area contributed by atoms with E-state index in [9.17, 15) is 15.0 Å². The number of pyridine rings is 2. The number of methoxy groups -OCH3 is 1. The Labute approximate surface area is 203 Å². The zero-order chi connectivity index (χ0) is 24.4. The lowest BCUT2D eigenvalue weighted by Gasteiger charge is -2.34. The topological polar surface area (TPSA) is 126 Å². The highest BCUT2D eigenvalue weighted by molar-refractivity contribution is 5.94. The normalized spacial score (nSPS) is 21.5. The van der Waals surface area contributed by atoms with Crippen LogP contribution in [0.25, 0.3) is 10.9 Å². The van der Waals surface area contributed by atoms with E-state index in [4.69, 9.17) is 9.47 Å². The van der Waals surface area contributed by atoms with Crippen molar-refractivity contribution in [3.63, 3.8) is 0 Å². The van der Waals surface area contributed by atoms with Gasteiger partial charge >= 0.3 is 0 Å². The molecular formula is C26H30N4O5. The summed E-state index contributed by atoms with van der Waals surface area (Å²) in [5, 5.41) is 29.1. The van der Waals surface area contributed by atoms with Crippen LogP contribution in [0.1, 0.15) is 43.0 Å². The lowest BCUT2D eigenvalue weighted by Crippen LogP contribution is -2.37. The van der Waals surface area contributed by atoms with Gasteiger partial charge in [0.1, 0.15) is 11.9 Å². The van der Waals surface area contributed by atoms with Crippen molar-refractivity contribution in [1.29, 1.82) is 0 Å². The molecule has 4 N–H and O–H groups in total. The Morgan fingerprint density at radius 1 is 1.17 bits per heavy atom. The second-order valence-electron chi connectivity index (χ2n) is 9.20. The molecule has 1 amide bonds. The van der Waals surface area contributed by atoms with E-state index in [2.05, 4.69) is 20.6 Å². The Morgan fingerprint density at radius 3 is 2.80 bits per heavy atom. The maximum absolute atomic E-state index is 11.5. The molecule has 1 aromatic carbocycles. The predicted octanol–water partition coefficient (Wildman–Crippen LogP) is 2.71. The van der Waals surface area contributed by atoms with E-state index in [1.165, 1.54) is 0 Å². The zero-order valence-electron chi connectivity index (χ0n) is 19.6. The molecule has 35 heavy (non-hydrogen) atoms. The summed E-state index contributed by atoms with van der Waals surface area (Å²) in [6.07, 6.45) is 3.20. The number of carbonyl (C=O) groups is 1. The van der Waals surface area contributed by atoms with Crippen LogP contribution in [0.3, 0.4) is 0 Å². The van der Waals surface area contributed by atoms with Gasteiger partial charge in [0, 0.05) is 24.2 Å². The maximum atomic E-state index is 11.5. The van der Waals surface area contributed by atoms with Gasteiger partial charge in [-0.2, -0.15) is 0 Å². The summed E-state index contributed by atoms with van der Waals surface area (Å²) in [5.41, 5.74) is 2.24. The van der Waals surface area contributed by atoms with E-state index in [1.54, 1.807) is 19.4 Å². The fourth-order valence-corrected chi connectivity index (χ4v) is 4.99. The monoisotopic (exact) mass is 478 g/mol. The number of nitrogens with zero attached hydrogens (tertiary/aromatic N) is 2. The number of amides is 1. The third kappa shape index (κ3) is 5.07. The summed E-state index contributed by atoms with van der Waals surface area (Å²) in [4.78, 5) is 20.4. The van der Waals surface area contributed by atoms with Crippen molar-refractivity contribution in [2.75, 3.05) is 19.0 Å². The molecule has 0 saturated heterocycles. The smallest absolute Gasteiger partial charge is 0.263 e. The predicted molar refractivity (Wildman–Crippen MR) is 130 cm³/mol. The van der Waals surface area contributed by atoms with Gasteiger partial charge in [-0.1, -0.05) is 0 Å². The molecule has 0 unspecified atom stereocenters. The molecule has 0 radical (unpaired) electrons. The van der Waals surface area contributed by atoms with E-state index >= 15 is 0 Å². The quantitative estimate of drug-likeness (QED) is 0.408. The molecule has 9 heteroatoms. The molecule has 3 aromatic rings. The Kier molecular flexibility index (Phi) is 6.81. The molecule has 2 aromatic heterocycles. The number of hydrogen-bond donors (Lipinski definition) is 4. The van der Waals surface area contributed by atoms with Crippen LogP contribution in [0.15, 0.2) is 42.6 Å². The molecule has 2 aliphatic rings. The molecule has 1 saturated carbocycles. The number of aliphatic hydroxyl groups excluding tert-OH is 2. The van der Waals surface area contributed by atoms with Gasteiger partial charge < -0.3 is 30.3 Å². The fraction of sp³-hybridized carbons (Fsp3) is 0.423. The fourth-order valence-electron chi connectivity index (χ4n) is 4.99. The van der Waals surface area contributed by atoms with E-state index < -0.39 is 12.2 Å². The number of fused-ring (bicyclic) bond motifs is 2. The van der Waals surface area contributed by atoms with Gasteiger partial charge in [-0.15, -0.1) is 0 Å². The van der Waals surface area contributed by atoms with Gasteiger partial charge in [-0.3, -0.25) is 9.78 Å². The first-order valence-electron chi connectivity index (χ1n) is 12.0. The summed E-state index contributed by atoms with van der Waals surface area (Å²) in [6.45, 7) is 0.593. The van der Waals surface area contributed by atoms with Crippen LogP contribution in [-0.4, -0.2) is 52.0 Å². The molecule has 2 atom stereocenters. The molecule has 1 aliphatic carbocycles. The third-order valence-electron chi connectivity index (χ3n) is 6.98. The van der Waals surface area contributed by atoms with Crippen LogP contribution in [0, 0.1) is 5.92 Å². The summed E-state index contributed by atoms with van der Waals surface area (Å²) in [6, 6.07) is 11.3. The molecule has 0 spiro atoms. The third-order valence-corrected chi connectivity index (χ3v) is 6.98. The van der Waals surface area contributed by atoms with Crippen molar-refractivity contribution < 1.29 is 24.5 Å². The Balaban J connectivity index is 1.17.